The van der Waals surface area contributed by atoms with Crippen molar-refractivity contribution in [2.45, 2.75) is 70.0 Å². The molecule has 0 aliphatic carbocycles. The molecule has 15 heteroatoms. The zero-order valence-corrected chi connectivity index (χ0v) is 30.5. The minimum absolute atomic E-state index is 0.00652. The highest BCUT2D eigenvalue weighted by Gasteiger charge is 2.35. The first-order chi connectivity index (χ1) is 25.2. The number of amides is 2. The van der Waals surface area contributed by atoms with Gasteiger partial charge < -0.3 is 5.32 Å². The van der Waals surface area contributed by atoms with Gasteiger partial charge in [-0.05, 0) is 60.4 Å². The number of nitrogens with zero attached hydrogens (tertiary/aromatic N) is 3. The molecule has 0 aliphatic heterocycles. The fourth-order valence-corrected chi connectivity index (χ4v) is 7.07. The van der Waals surface area contributed by atoms with Crippen LogP contribution in [-0.2, 0) is 34.0 Å². The standard InChI is InChI=1S/C38H37ClF3N5O5S/c1-3-5-15-34-44-47(32-23-27(43-35(48)16-6-4-2)21-22-30(32)38(40,41)42)37(50)46(34)24-25-17-19-26(20-18-25)28-11-8-10-14-33(28)53(51,52)45-36(49)29-12-7-9-13-31(29)39/h7-14,17-23H,3-6,15-16,24H2,1-2H3,(H,43,48)(H,45,49). The summed E-state index contributed by atoms with van der Waals surface area (Å²) in [7, 11) is -4.35. The van der Waals surface area contributed by atoms with Crippen molar-refractivity contribution in [2.75, 3.05) is 5.32 Å². The summed E-state index contributed by atoms with van der Waals surface area (Å²) in [4.78, 5) is 38.9. The highest BCUT2D eigenvalue weighted by atomic mass is 35.5. The summed E-state index contributed by atoms with van der Waals surface area (Å²) in [5.74, 6) is -0.974. The number of hydrogen-bond acceptors (Lipinski definition) is 6. The predicted molar refractivity (Wildman–Crippen MR) is 197 cm³/mol. The van der Waals surface area contributed by atoms with Gasteiger partial charge in [0.2, 0.25) is 5.91 Å². The average Bonchev–Trinajstić information content (AvgIpc) is 3.43. The molecule has 0 radical (unpaired) electrons. The Morgan fingerprint density at radius 3 is 2.25 bits per heavy atom. The van der Waals surface area contributed by atoms with Crippen molar-refractivity contribution < 1.29 is 31.2 Å². The van der Waals surface area contributed by atoms with Gasteiger partial charge in [0, 0.05) is 24.1 Å². The monoisotopic (exact) mass is 767 g/mol. The van der Waals surface area contributed by atoms with E-state index in [1.807, 2.05) is 13.8 Å². The second-order valence-corrected chi connectivity index (χ2v) is 14.3. The quantitative estimate of drug-likeness (QED) is 0.118. The van der Waals surface area contributed by atoms with E-state index < -0.39 is 39.0 Å². The van der Waals surface area contributed by atoms with Gasteiger partial charge in [-0.3, -0.25) is 14.2 Å². The number of alkyl halides is 3. The van der Waals surface area contributed by atoms with E-state index in [-0.39, 0.29) is 45.9 Å². The molecule has 4 aromatic carbocycles. The second-order valence-electron chi connectivity index (χ2n) is 12.3. The van der Waals surface area contributed by atoms with Gasteiger partial charge >= 0.3 is 11.9 Å². The fourth-order valence-electron chi connectivity index (χ4n) is 5.65. The maximum absolute atomic E-state index is 14.2. The lowest BCUT2D eigenvalue weighted by Crippen LogP contribution is -2.31. The third-order valence-corrected chi connectivity index (χ3v) is 10.1. The number of unbranched alkanes of at least 4 members (excludes halogenated alkanes) is 2. The summed E-state index contributed by atoms with van der Waals surface area (Å²) in [5, 5.41) is 7.06. The largest absolute Gasteiger partial charge is 0.418 e. The number of nitrogens with one attached hydrogen (secondary N) is 2. The molecule has 0 aliphatic rings. The van der Waals surface area contributed by atoms with Crippen molar-refractivity contribution >= 4 is 39.1 Å². The highest BCUT2D eigenvalue weighted by molar-refractivity contribution is 7.90. The van der Waals surface area contributed by atoms with Crippen LogP contribution in [0, 0.1) is 0 Å². The lowest BCUT2D eigenvalue weighted by Gasteiger charge is -2.14. The lowest BCUT2D eigenvalue weighted by atomic mass is 10.0. The van der Waals surface area contributed by atoms with E-state index in [2.05, 4.69) is 15.1 Å². The van der Waals surface area contributed by atoms with Gasteiger partial charge in [-0.15, -0.1) is 5.10 Å². The second kappa shape index (κ2) is 16.6. The zero-order valence-electron chi connectivity index (χ0n) is 28.9. The van der Waals surface area contributed by atoms with Crippen LogP contribution in [0.25, 0.3) is 16.8 Å². The van der Waals surface area contributed by atoms with E-state index in [1.165, 1.54) is 28.8 Å². The molecule has 53 heavy (non-hydrogen) atoms. The van der Waals surface area contributed by atoms with Gasteiger partial charge in [0.1, 0.15) is 5.82 Å². The number of sulfonamides is 1. The van der Waals surface area contributed by atoms with Crippen LogP contribution in [-0.4, -0.2) is 34.6 Å². The Morgan fingerprint density at radius 2 is 1.57 bits per heavy atom. The Labute approximate surface area is 309 Å². The summed E-state index contributed by atoms with van der Waals surface area (Å²) in [6.07, 6.45) is -1.57. The Bertz CT molecular complexity index is 2290. The molecule has 5 aromatic rings. The molecule has 10 nitrogen and oxygen atoms in total. The fraction of sp³-hybridized carbons (Fsp3) is 0.263. The highest BCUT2D eigenvalue weighted by Crippen LogP contribution is 2.35. The zero-order chi connectivity index (χ0) is 38.3. The Hall–Kier alpha value is -5.21. The number of rotatable bonds is 14. The van der Waals surface area contributed by atoms with Crippen molar-refractivity contribution in [2.24, 2.45) is 0 Å². The number of aromatic nitrogens is 3. The van der Waals surface area contributed by atoms with Crippen LogP contribution in [0.1, 0.15) is 73.3 Å². The summed E-state index contributed by atoms with van der Waals surface area (Å²) in [6.45, 7) is 3.81. The molecule has 278 valence electrons. The summed E-state index contributed by atoms with van der Waals surface area (Å²) >= 11 is 6.09. The van der Waals surface area contributed by atoms with E-state index in [0.717, 1.165) is 35.7 Å². The molecule has 0 saturated carbocycles. The molecule has 1 aromatic heterocycles. The molecule has 2 amide bonds. The van der Waals surface area contributed by atoms with E-state index in [1.54, 1.807) is 48.5 Å². The van der Waals surface area contributed by atoms with Crippen molar-refractivity contribution in [1.29, 1.82) is 0 Å². The van der Waals surface area contributed by atoms with Crippen molar-refractivity contribution in [3.8, 4) is 16.8 Å². The van der Waals surface area contributed by atoms with Crippen LogP contribution < -0.4 is 15.7 Å². The molecule has 1 heterocycles. The molecule has 0 unspecified atom stereocenters. The van der Waals surface area contributed by atoms with Gasteiger partial charge in [0.25, 0.3) is 15.9 Å². The van der Waals surface area contributed by atoms with Crippen LogP contribution in [0.15, 0.2) is 101 Å². The van der Waals surface area contributed by atoms with Gasteiger partial charge in [-0.2, -0.15) is 17.9 Å². The number of halogens is 4. The Balaban J connectivity index is 1.47. The average molecular weight is 768 g/mol. The van der Waals surface area contributed by atoms with E-state index in [0.29, 0.717) is 36.0 Å². The molecule has 0 fully saturated rings. The van der Waals surface area contributed by atoms with Crippen molar-refractivity contribution in [3.63, 3.8) is 0 Å². The van der Waals surface area contributed by atoms with Gasteiger partial charge in [0.05, 0.1) is 33.3 Å². The first-order valence-electron chi connectivity index (χ1n) is 16.9. The van der Waals surface area contributed by atoms with E-state index in [9.17, 15) is 36.0 Å². The number of hydrogen-bond donors (Lipinski definition) is 2. The van der Waals surface area contributed by atoms with Crippen LogP contribution >= 0.6 is 11.6 Å². The molecule has 2 N–H and O–H groups in total. The lowest BCUT2D eigenvalue weighted by molar-refractivity contribution is -0.137. The number of aryl methyl sites for hydroxylation is 1. The molecular formula is C38H37ClF3N5O5S. The van der Waals surface area contributed by atoms with E-state index in [4.69, 9.17) is 11.6 Å². The maximum atomic E-state index is 14.2. The minimum atomic E-state index is -4.82. The van der Waals surface area contributed by atoms with Gasteiger partial charge in [-0.25, -0.2) is 17.9 Å². The molecule has 0 atom stereocenters. The van der Waals surface area contributed by atoms with Crippen LogP contribution in [0.2, 0.25) is 5.02 Å². The predicted octanol–water partition coefficient (Wildman–Crippen LogP) is 8.01. The number of anilines is 1. The molecular weight excluding hydrogens is 731 g/mol. The maximum Gasteiger partial charge on any atom is 0.418 e. The van der Waals surface area contributed by atoms with Gasteiger partial charge in [-0.1, -0.05) is 92.9 Å². The molecule has 0 saturated heterocycles. The third kappa shape index (κ3) is 9.24. The van der Waals surface area contributed by atoms with Crippen LogP contribution in [0.4, 0.5) is 18.9 Å². The number of benzene rings is 4. The van der Waals surface area contributed by atoms with Gasteiger partial charge in [0.15, 0.2) is 0 Å². The van der Waals surface area contributed by atoms with Crippen molar-refractivity contribution in [1.82, 2.24) is 19.1 Å². The SMILES string of the molecule is CCCCC(=O)Nc1ccc(C(F)(F)F)c(-n2nc(CCCC)n(Cc3ccc(-c4ccccc4S(=O)(=O)NC(=O)c4ccccc4Cl)cc3)c2=O)c1. The molecule has 0 spiro atoms. The first-order valence-corrected chi connectivity index (χ1v) is 18.8. The summed E-state index contributed by atoms with van der Waals surface area (Å²) in [6, 6.07) is 21.9. The number of carbonyl (C=O) groups excluding carboxylic acids is 2. The first kappa shape index (κ1) is 39.0. The molecule has 0 bridgehead atoms. The smallest absolute Gasteiger partial charge is 0.326 e. The summed E-state index contributed by atoms with van der Waals surface area (Å²) < 4.78 is 73.6. The Morgan fingerprint density at radius 1 is 0.887 bits per heavy atom. The third-order valence-electron chi connectivity index (χ3n) is 8.39. The Kier molecular flexibility index (Phi) is 12.2. The minimum Gasteiger partial charge on any atom is -0.326 e. The van der Waals surface area contributed by atoms with E-state index >= 15 is 0 Å². The van der Waals surface area contributed by atoms with Crippen molar-refractivity contribution in [3.05, 3.63) is 129 Å². The summed E-state index contributed by atoms with van der Waals surface area (Å²) in [5.41, 5.74) is -0.921. The van der Waals surface area contributed by atoms with Crippen LogP contribution in [0.3, 0.4) is 0 Å². The number of carbonyl (C=O) groups is 2. The topological polar surface area (TPSA) is 132 Å². The normalized spacial score (nSPS) is 11.7. The molecule has 5 rings (SSSR count). The van der Waals surface area contributed by atoms with Crippen LogP contribution in [0.5, 0.6) is 0 Å².